The number of rotatable bonds is 8. The van der Waals surface area contributed by atoms with Crippen LogP contribution in [0.4, 0.5) is 8.78 Å². The summed E-state index contributed by atoms with van der Waals surface area (Å²) in [5, 5.41) is 11.5. The summed E-state index contributed by atoms with van der Waals surface area (Å²) >= 11 is 0. The van der Waals surface area contributed by atoms with Crippen molar-refractivity contribution in [1.29, 1.82) is 0 Å². The fraction of sp³-hybridized carbons (Fsp3) is 0.467. The van der Waals surface area contributed by atoms with Crippen LogP contribution >= 0.6 is 0 Å². The van der Waals surface area contributed by atoms with Gasteiger partial charge in [0.25, 0.3) is 5.82 Å². The normalized spacial score (nSPS) is 18.4. The van der Waals surface area contributed by atoms with Crippen LogP contribution in [0.25, 0.3) is 0 Å². The van der Waals surface area contributed by atoms with Gasteiger partial charge < -0.3 is 26.8 Å². The third kappa shape index (κ3) is 6.52. The molecule has 38 heavy (non-hydrogen) atoms. The van der Waals surface area contributed by atoms with Crippen molar-refractivity contribution in [3.05, 3.63) is 89.5 Å². The van der Waals surface area contributed by atoms with Crippen LogP contribution in [0.15, 0.2) is 67.0 Å². The Labute approximate surface area is 234 Å². The lowest BCUT2D eigenvalue weighted by atomic mass is 9.80. The van der Waals surface area contributed by atoms with Gasteiger partial charge in [-0.1, -0.05) is 75.4 Å². The van der Waals surface area contributed by atoms with Crippen molar-refractivity contribution in [2.45, 2.75) is 77.0 Å². The van der Waals surface area contributed by atoms with Crippen LogP contribution in [0.2, 0.25) is 0 Å². The smallest absolute Gasteiger partial charge is 0.343 e. The van der Waals surface area contributed by atoms with E-state index in [1.165, 1.54) is 11.1 Å². The van der Waals surface area contributed by atoms with E-state index in [1.807, 2.05) is 23.9 Å². The van der Waals surface area contributed by atoms with E-state index in [4.69, 9.17) is 4.74 Å². The van der Waals surface area contributed by atoms with Crippen molar-refractivity contribution in [2.24, 2.45) is 5.92 Å². The van der Waals surface area contributed by atoms with E-state index in [9.17, 15) is 18.7 Å². The second-order valence-electron chi connectivity index (χ2n) is 11.2. The van der Waals surface area contributed by atoms with Crippen LogP contribution in [-0.4, -0.2) is 28.2 Å². The molecule has 5 nitrogen and oxygen atoms in total. The highest BCUT2D eigenvalue weighted by Gasteiger charge is 2.54. The standard InChI is InChI=1S/C30H37F2N2O3.BrH/c1-22-33(16-17-34(22)21-23-10-12-24(13-11-23)28(2,3)4)18-19-37-27(35)30(36,25-8-6-5-7-9-25)26-14-15-29(31,32)20-26;/h5-13,16-17,26,36H,14-15,18-21H2,1-4H3;1H/q+1;/p-1/t26-,30+;/m1./s1. The molecule has 0 spiro atoms. The SMILES string of the molecule is Cc1n(CCOC(=O)[C@](O)(c2ccccc2)[C@@H]2CCC(F)(F)C2)cc[n+]1Cc1ccc(C(C)(C)C)cc1.[Br-]. The quantitative estimate of drug-likeness (QED) is 0.323. The molecule has 8 heteroatoms. The lowest BCUT2D eigenvalue weighted by Crippen LogP contribution is -3.00. The van der Waals surface area contributed by atoms with Crippen LogP contribution in [-0.2, 0) is 33.6 Å². The first-order valence-electron chi connectivity index (χ1n) is 12.9. The molecule has 0 bridgehead atoms. The summed E-state index contributed by atoms with van der Waals surface area (Å²) in [5.74, 6) is -3.68. The van der Waals surface area contributed by atoms with Gasteiger partial charge in [0.2, 0.25) is 5.92 Å². The molecule has 0 amide bonds. The van der Waals surface area contributed by atoms with Gasteiger partial charge in [-0.25, -0.2) is 22.7 Å². The molecule has 4 rings (SSSR count). The number of esters is 1. The average Bonchev–Trinajstić information content (AvgIpc) is 3.40. The van der Waals surface area contributed by atoms with Gasteiger partial charge in [0.15, 0.2) is 5.60 Å². The Balaban J connectivity index is 0.00000400. The number of imidazole rings is 1. The third-order valence-electron chi connectivity index (χ3n) is 7.52. The Kier molecular flexibility index (Phi) is 9.20. The lowest BCUT2D eigenvalue weighted by molar-refractivity contribution is -0.694. The van der Waals surface area contributed by atoms with Crippen LogP contribution in [0, 0.1) is 12.8 Å². The van der Waals surface area contributed by atoms with E-state index in [0.29, 0.717) is 13.1 Å². The Morgan fingerprint density at radius 3 is 2.34 bits per heavy atom. The molecule has 1 N–H and O–H groups in total. The Morgan fingerprint density at radius 2 is 1.76 bits per heavy atom. The van der Waals surface area contributed by atoms with Crippen molar-refractivity contribution < 1.29 is 45.0 Å². The van der Waals surface area contributed by atoms with E-state index in [0.717, 1.165) is 5.82 Å². The highest BCUT2D eigenvalue weighted by Crippen LogP contribution is 2.47. The van der Waals surface area contributed by atoms with Gasteiger partial charge in [0.1, 0.15) is 32.1 Å². The number of benzene rings is 2. The summed E-state index contributed by atoms with van der Waals surface area (Å²) in [6.45, 7) is 9.69. The number of nitrogens with zero attached hydrogens (tertiary/aromatic N) is 2. The summed E-state index contributed by atoms with van der Waals surface area (Å²) in [7, 11) is 0. The Hall–Kier alpha value is -2.58. The summed E-state index contributed by atoms with van der Waals surface area (Å²) in [4.78, 5) is 13.2. The topological polar surface area (TPSA) is 55.3 Å². The third-order valence-corrected chi connectivity index (χ3v) is 7.52. The molecular weight excluding hydrogens is 554 g/mol. The zero-order valence-electron chi connectivity index (χ0n) is 22.5. The van der Waals surface area contributed by atoms with Crippen molar-refractivity contribution in [1.82, 2.24) is 4.57 Å². The van der Waals surface area contributed by atoms with E-state index >= 15 is 0 Å². The molecule has 1 saturated carbocycles. The van der Waals surface area contributed by atoms with Gasteiger partial charge in [-0.2, -0.15) is 0 Å². The molecule has 2 atom stereocenters. The largest absolute Gasteiger partial charge is 1.00 e. The number of halogens is 3. The van der Waals surface area contributed by atoms with Crippen molar-refractivity contribution >= 4 is 5.97 Å². The molecule has 1 heterocycles. The van der Waals surface area contributed by atoms with E-state index in [2.05, 4.69) is 49.6 Å². The molecule has 0 aliphatic heterocycles. The van der Waals surface area contributed by atoms with E-state index in [1.54, 1.807) is 30.3 Å². The predicted octanol–water partition coefficient (Wildman–Crippen LogP) is 2.30. The number of alkyl halides is 2. The second-order valence-corrected chi connectivity index (χ2v) is 11.2. The van der Waals surface area contributed by atoms with Gasteiger partial charge in [0.05, 0.1) is 0 Å². The van der Waals surface area contributed by atoms with Gasteiger partial charge in [-0.3, -0.25) is 0 Å². The monoisotopic (exact) mass is 590 g/mol. The first kappa shape index (κ1) is 30.0. The van der Waals surface area contributed by atoms with Crippen molar-refractivity contribution in [3.63, 3.8) is 0 Å². The number of aliphatic hydroxyl groups is 1. The van der Waals surface area contributed by atoms with Crippen LogP contribution in [0.3, 0.4) is 0 Å². The molecule has 1 aliphatic rings. The van der Waals surface area contributed by atoms with Crippen LogP contribution in [0.5, 0.6) is 0 Å². The van der Waals surface area contributed by atoms with Gasteiger partial charge in [0, 0.05) is 25.7 Å². The molecule has 3 aromatic rings. The number of hydrogen-bond donors (Lipinski definition) is 1. The summed E-state index contributed by atoms with van der Waals surface area (Å²) in [6.07, 6.45) is 3.08. The molecule has 1 fully saturated rings. The summed E-state index contributed by atoms with van der Waals surface area (Å²) in [6, 6.07) is 16.9. The second kappa shape index (κ2) is 11.7. The highest BCUT2D eigenvalue weighted by atomic mass is 79.9. The number of hydrogen-bond acceptors (Lipinski definition) is 3. The van der Waals surface area contributed by atoms with Crippen molar-refractivity contribution in [2.75, 3.05) is 6.61 Å². The fourth-order valence-corrected chi connectivity index (χ4v) is 5.12. The Bertz CT molecular complexity index is 1220. The molecular formula is C30H37BrF2N2O3. The highest BCUT2D eigenvalue weighted by molar-refractivity contribution is 5.81. The van der Waals surface area contributed by atoms with Crippen LogP contribution < -0.4 is 21.5 Å². The number of carbonyl (C=O) groups is 1. The van der Waals surface area contributed by atoms with Gasteiger partial charge >= 0.3 is 5.97 Å². The maximum absolute atomic E-state index is 14.0. The number of aromatic nitrogens is 2. The average molecular weight is 592 g/mol. The van der Waals surface area contributed by atoms with Gasteiger partial charge in [-0.05, 0) is 28.5 Å². The molecule has 0 saturated heterocycles. The number of carbonyl (C=O) groups excluding carboxylic acids is 1. The summed E-state index contributed by atoms with van der Waals surface area (Å²) in [5.41, 5.74) is 0.760. The van der Waals surface area contributed by atoms with Crippen LogP contribution in [0.1, 0.15) is 62.5 Å². The molecule has 206 valence electrons. The minimum atomic E-state index is -2.89. The zero-order chi connectivity index (χ0) is 26.8. The first-order chi connectivity index (χ1) is 17.4. The Morgan fingerprint density at radius 1 is 1.11 bits per heavy atom. The first-order valence-corrected chi connectivity index (χ1v) is 12.9. The zero-order valence-corrected chi connectivity index (χ0v) is 24.0. The van der Waals surface area contributed by atoms with Gasteiger partial charge in [-0.15, -0.1) is 0 Å². The number of ether oxygens (including phenoxy) is 1. The fourth-order valence-electron chi connectivity index (χ4n) is 5.12. The lowest BCUT2D eigenvalue weighted by Gasteiger charge is -2.32. The maximum atomic E-state index is 14.0. The van der Waals surface area contributed by atoms with E-state index < -0.39 is 29.8 Å². The summed E-state index contributed by atoms with van der Waals surface area (Å²) < 4.78 is 37.6. The maximum Gasteiger partial charge on any atom is 0.343 e. The van der Waals surface area contributed by atoms with E-state index in [-0.39, 0.29) is 47.4 Å². The predicted molar refractivity (Wildman–Crippen MR) is 137 cm³/mol. The van der Waals surface area contributed by atoms with Crippen molar-refractivity contribution in [3.8, 4) is 0 Å². The molecule has 2 aromatic carbocycles. The molecule has 1 aromatic heterocycles. The minimum Gasteiger partial charge on any atom is -1.00 e. The molecule has 1 aliphatic carbocycles. The minimum absolute atomic E-state index is 0. The molecule has 0 radical (unpaired) electrons. The molecule has 0 unspecified atom stereocenters.